The van der Waals surface area contributed by atoms with Crippen LogP contribution in [0.2, 0.25) is 5.02 Å². The number of carbonyl (C=O) groups excluding carboxylic acids is 1. The molecule has 1 unspecified atom stereocenters. The smallest absolute Gasteiger partial charge is 0.162 e. The van der Waals surface area contributed by atoms with Gasteiger partial charge in [-0.2, -0.15) is 0 Å². The molecule has 1 aliphatic carbocycles. The minimum absolute atomic E-state index is 0.0888. The summed E-state index contributed by atoms with van der Waals surface area (Å²) >= 11 is 6.29. The monoisotopic (exact) mass is 417 g/mol. The van der Waals surface area contributed by atoms with Crippen LogP contribution >= 0.6 is 11.6 Å². The van der Waals surface area contributed by atoms with Gasteiger partial charge in [0, 0.05) is 23.2 Å². The molecule has 30 heavy (non-hydrogen) atoms. The van der Waals surface area contributed by atoms with Crippen LogP contribution in [-0.4, -0.2) is 10.9 Å². The van der Waals surface area contributed by atoms with E-state index in [1.807, 2.05) is 25.1 Å². The van der Waals surface area contributed by atoms with Crippen molar-refractivity contribution in [2.75, 3.05) is 5.32 Å². The molecule has 1 heterocycles. The molecule has 3 aromatic carbocycles. The number of Topliss-reactive ketones (excluding diaryl/α,β-unsaturated/α-hetero) is 1. The van der Waals surface area contributed by atoms with Crippen molar-refractivity contribution in [1.82, 2.24) is 0 Å². The Morgan fingerprint density at radius 3 is 2.63 bits per heavy atom. The quantitative estimate of drug-likeness (QED) is 0.456. The third-order valence-corrected chi connectivity index (χ3v) is 6.64. The van der Waals surface area contributed by atoms with Gasteiger partial charge in [0.25, 0.3) is 0 Å². The molecular formula is C26H24ClNO2. The van der Waals surface area contributed by atoms with Crippen LogP contribution in [0.1, 0.15) is 49.4 Å². The molecule has 1 aliphatic heterocycles. The number of halogens is 1. The number of nitrogens with one attached hydrogen (secondary N) is 1. The molecule has 0 bridgehead atoms. The standard InChI is InChI=1S/C26H24ClNO2/c1-14-10-16(11-19(27)25(14)30)24-23-18(12-26(2,3)13-21(23)29)22-17-7-5-4-6-15(17)8-9-20(22)28-24/h4-11,24,28,30H,12-13H2,1-3H3. The Balaban J connectivity index is 1.80. The van der Waals surface area contributed by atoms with Crippen molar-refractivity contribution in [3.63, 3.8) is 0 Å². The Morgan fingerprint density at radius 1 is 1.10 bits per heavy atom. The summed E-state index contributed by atoms with van der Waals surface area (Å²) in [5, 5.41) is 16.4. The highest BCUT2D eigenvalue weighted by molar-refractivity contribution is 6.32. The van der Waals surface area contributed by atoms with Crippen molar-refractivity contribution in [2.45, 2.75) is 39.7 Å². The number of aryl methyl sites for hydroxylation is 1. The zero-order valence-electron chi connectivity index (χ0n) is 17.3. The minimum atomic E-state index is -0.283. The largest absolute Gasteiger partial charge is 0.506 e. The Hall–Kier alpha value is -2.78. The van der Waals surface area contributed by atoms with Gasteiger partial charge in [0.1, 0.15) is 5.75 Å². The number of allylic oxidation sites excluding steroid dienone is 1. The van der Waals surface area contributed by atoms with Crippen LogP contribution in [0.4, 0.5) is 5.69 Å². The molecule has 2 N–H and O–H groups in total. The lowest BCUT2D eigenvalue weighted by Gasteiger charge is -2.40. The summed E-state index contributed by atoms with van der Waals surface area (Å²) in [6, 6.07) is 16.0. The van der Waals surface area contributed by atoms with Gasteiger partial charge in [-0.05, 0) is 64.4 Å². The van der Waals surface area contributed by atoms with E-state index in [0.29, 0.717) is 17.0 Å². The van der Waals surface area contributed by atoms with Gasteiger partial charge < -0.3 is 10.4 Å². The van der Waals surface area contributed by atoms with E-state index >= 15 is 0 Å². The van der Waals surface area contributed by atoms with Gasteiger partial charge in [0.15, 0.2) is 5.78 Å². The van der Waals surface area contributed by atoms with Crippen molar-refractivity contribution in [3.8, 4) is 5.75 Å². The fourth-order valence-corrected chi connectivity index (χ4v) is 5.29. The molecule has 4 heteroatoms. The van der Waals surface area contributed by atoms with Crippen molar-refractivity contribution in [2.24, 2.45) is 5.41 Å². The normalized spacial score (nSPS) is 20.0. The summed E-state index contributed by atoms with van der Waals surface area (Å²) in [4.78, 5) is 13.4. The van der Waals surface area contributed by atoms with Crippen molar-refractivity contribution in [3.05, 3.63) is 75.8 Å². The lowest BCUT2D eigenvalue weighted by Crippen LogP contribution is -2.33. The van der Waals surface area contributed by atoms with E-state index in [-0.39, 0.29) is 23.0 Å². The molecule has 5 rings (SSSR count). The fraction of sp³-hybridized carbons (Fsp3) is 0.269. The van der Waals surface area contributed by atoms with Crippen LogP contribution < -0.4 is 5.32 Å². The maximum absolute atomic E-state index is 13.4. The zero-order chi connectivity index (χ0) is 21.2. The average molecular weight is 418 g/mol. The number of aromatic hydroxyl groups is 1. The topological polar surface area (TPSA) is 49.3 Å². The fourth-order valence-electron chi connectivity index (χ4n) is 5.02. The summed E-state index contributed by atoms with van der Waals surface area (Å²) in [5.41, 5.74) is 5.65. The second-order valence-electron chi connectivity index (χ2n) is 9.29. The van der Waals surface area contributed by atoms with Gasteiger partial charge in [-0.3, -0.25) is 4.79 Å². The van der Waals surface area contributed by atoms with E-state index in [2.05, 4.69) is 43.4 Å². The van der Waals surface area contributed by atoms with E-state index in [1.54, 1.807) is 6.07 Å². The SMILES string of the molecule is Cc1cc(C2Nc3ccc4ccccc4c3C3=C2C(=O)CC(C)(C)C3)cc(Cl)c1O. The van der Waals surface area contributed by atoms with E-state index in [4.69, 9.17) is 11.6 Å². The van der Waals surface area contributed by atoms with Gasteiger partial charge in [-0.15, -0.1) is 0 Å². The Bertz CT molecular complexity index is 1230. The Morgan fingerprint density at radius 2 is 1.87 bits per heavy atom. The number of benzene rings is 3. The van der Waals surface area contributed by atoms with Gasteiger partial charge in [0.2, 0.25) is 0 Å². The number of rotatable bonds is 1. The Labute approximate surface area is 181 Å². The predicted molar refractivity (Wildman–Crippen MR) is 123 cm³/mol. The second kappa shape index (κ2) is 6.61. The average Bonchev–Trinajstić information content (AvgIpc) is 2.69. The molecule has 0 spiro atoms. The second-order valence-corrected chi connectivity index (χ2v) is 9.70. The molecule has 0 radical (unpaired) electrons. The first-order valence-electron chi connectivity index (χ1n) is 10.3. The lowest BCUT2D eigenvalue weighted by molar-refractivity contribution is -0.118. The lowest BCUT2D eigenvalue weighted by atomic mass is 9.68. The number of phenolic OH excluding ortho intramolecular Hbond substituents is 1. The van der Waals surface area contributed by atoms with Crippen molar-refractivity contribution in [1.29, 1.82) is 0 Å². The summed E-state index contributed by atoms with van der Waals surface area (Å²) in [6.45, 7) is 6.16. The molecule has 2 aliphatic rings. The van der Waals surface area contributed by atoms with Crippen molar-refractivity contribution < 1.29 is 9.90 Å². The molecule has 0 aromatic heterocycles. The maximum atomic E-state index is 13.4. The highest BCUT2D eigenvalue weighted by Crippen LogP contribution is 2.52. The molecule has 0 saturated carbocycles. The minimum Gasteiger partial charge on any atom is -0.506 e. The Kier molecular flexibility index (Phi) is 4.23. The van der Waals surface area contributed by atoms with Crippen LogP contribution in [0, 0.1) is 12.3 Å². The number of fused-ring (bicyclic) bond motifs is 4. The number of hydrogen-bond acceptors (Lipinski definition) is 3. The van der Waals surface area contributed by atoms with E-state index in [0.717, 1.165) is 34.4 Å². The van der Waals surface area contributed by atoms with Crippen LogP contribution in [0.3, 0.4) is 0 Å². The first kappa shape index (κ1) is 19.2. The summed E-state index contributed by atoms with van der Waals surface area (Å²) in [6.07, 6.45) is 1.37. The van der Waals surface area contributed by atoms with E-state index in [1.165, 1.54) is 10.8 Å². The van der Waals surface area contributed by atoms with Gasteiger partial charge in [-0.25, -0.2) is 0 Å². The number of anilines is 1. The summed E-state index contributed by atoms with van der Waals surface area (Å²) in [7, 11) is 0. The maximum Gasteiger partial charge on any atom is 0.162 e. The first-order chi connectivity index (χ1) is 14.2. The molecular weight excluding hydrogens is 394 g/mol. The van der Waals surface area contributed by atoms with E-state index in [9.17, 15) is 9.90 Å². The summed E-state index contributed by atoms with van der Waals surface area (Å²) in [5.74, 6) is 0.270. The third-order valence-electron chi connectivity index (χ3n) is 6.35. The number of carbonyl (C=O) groups is 1. The van der Waals surface area contributed by atoms with Crippen LogP contribution in [-0.2, 0) is 4.79 Å². The molecule has 3 aromatic rings. The van der Waals surface area contributed by atoms with Gasteiger partial charge in [0.05, 0.1) is 11.1 Å². The molecule has 0 saturated heterocycles. The van der Waals surface area contributed by atoms with Crippen LogP contribution in [0.5, 0.6) is 5.75 Å². The highest BCUT2D eigenvalue weighted by atomic mass is 35.5. The van der Waals surface area contributed by atoms with Gasteiger partial charge in [-0.1, -0.05) is 55.8 Å². The summed E-state index contributed by atoms with van der Waals surface area (Å²) < 4.78 is 0. The van der Waals surface area contributed by atoms with Crippen LogP contribution in [0.25, 0.3) is 16.3 Å². The number of phenols is 1. The molecule has 0 fully saturated rings. The first-order valence-corrected chi connectivity index (χ1v) is 10.7. The molecule has 152 valence electrons. The predicted octanol–water partition coefficient (Wildman–Crippen LogP) is 6.82. The van der Waals surface area contributed by atoms with E-state index < -0.39 is 0 Å². The van der Waals surface area contributed by atoms with Crippen LogP contribution in [0.15, 0.2) is 54.1 Å². The van der Waals surface area contributed by atoms with Gasteiger partial charge >= 0.3 is 0 Å². The zero-order valence-corrected chi connectivity index (χ0v) is 18.1. The molecule has 3 nitrogen and oxygen atoms in total. The third kappa shape index (κ3) is 2.92. The van der Waals surface area contributed by atoms with Crippen molar-refractivity contribution >= 4 is 39.4 Å². The number of hydrogen-bond donors (Lipinski definition) is 2. The molecule has 1 atom stereocenters. The molecule has 0 amide bonds. The number of ketones is 1. The highest BCUT2D eigenvalue weighted by Gasteiger charge is 2.41.